The number of aliphatic hydroxyl groups excluding tert-OH is 2. The normalized spacial score (nSPS) is 28.1. The van der Waals surface area contributed by atoms with Gasteiger partial charge in [-0.1, -0.05) is 6.07 Å². The number of nitrogens with one attached hydrogen (secondary N) is 1. The Labute approximate surface area is 199 Å². The molecular weight excluding hydrogens is 470 g/mol. The van der Waals surface area contributed by atoms with E-state index in [1.165, 1.54) is 25.1 Å². The second kappa shape index (κ2) is 8.42. The van der Waals surface area contributed by atoms with E-state index in [9.17, 15) is 39.6 Å². The number of halogens is 1. The molecule has 7 N–H and O–H groups in total. The van der Waals surface area contributed by atoms with Crippen LogP contribution < -0.4 is 11.1 Å². The van der Waals surface area contributed by atoms with Gasteiger partial charge in [0.15, 0.2) is 11.4 Å². The number of phenols is 1. The Bertz CT molecular complexity index is 1190. The lowest BCUT2D eigenvalue weighted by Crippen LogP contribution is -2.65. The van der Waals surface area contributed by atoms with E-state index in [2.05, 4.69) is 5.32 Å². The molecule has 3 aliphatic carbocycles. The number of hydrogen-bond donors (Lipinski definition) is 6. The molecule has 11 nitrogen and oxygen atoms in total. The monoisotopic (exact) mass is 493 g/mol. The number of fused-ring (bicyclic) bond motifs is 3. The van der Waals surface area contributed by atoms with Crippen molar-refractivity contribution in [1.82, 2.24) is 4.90 Å². The van der Waals surface area contributed by atoms with Crippen LogP contribution in [-0.4, -0.2) is 74.9 Å². The Kier molecular flexibility index (Phi) is 6.25. The van der Waals surface area contributed by atoms with Crippen LogP contribution in [-0.2, 0) is 25.6 Å². The number of nitrogens with two attached hydrogens (primary N) is 1. The van der Waals surface area contributed by atoms with Crippen LogP contribution in [0.25, 0.3) is 5.76 Å². The maximum Gasteiger partial charge on any atom is 0.255 e. The highest BCUT2D eigenvalue weighted by Gasteiger charge is 2.64. The first-order valence-corrected chi connectivity index (χ1v) is 10.2. The molecule has 0 heterocycles. The molecule has 2 unspecified atom stereocenters. The van der Waals surface area contributed by atoms with Crippen molar-refractivity contribution >= 4 is 47.7 Å². The molecule has 1 saturated carbocycles. The van der Waals surface area contributed by atoms with Crippen molar-refractivity contribution in [2.24, 2.45) is 17.6 Å². The Morgan fingerprint density at radius 2 is 1.88 bits per heavy atom. The number of benzene rings is 1. The van der Waals surface area contributed by atoms with Gasteiger partial charge in [-0.15, -0.1) is 12.4 Å². The molecule has 1 fully saturated rings. The van der Waals surface area contributed by atoms with Gasteiger partial charge in [0, 0.05) is 11.5 Å². The van der Waals surface area contributed by atoms with Crippen molar-refractivity contribution in [3.8, 4) is 5.75 Å². The largest absolute Gasteiger partial charge is 0.508 e. The molecule has 2 amide bonds. The average molecular weight is 494 g/mol. The number of likely N-dealkylation sites (N-methyl/N-ethyl adjacent to an activating group) is 1. The lowest BCUT2D eigenvalue weighted by Gasteiger charge is -2.50. The van der Waals surface area contributed by atoms with E-state index >= 15 is 0 Å². The van der Waals surface area contributed by atoms with Crippen LogP contribution in [0.15, 0.2) is 29.0 Å². The van der Waals surface area contributed by atoms with E-state index in [-0.39, 0.29) is 42.1 Å². The zero-order valence-electron chi connectivity index (χ0n) is 18.2. The fourth-order valence-electron chi connectivity index (χ4n) is 5.40. The Morgan fingerprint density at radius 1 is 1.24 bits per heavy atom. The predicted molar refractivity (Wildman–Crippen MR) is 121 cm³/mol. The maximum atomic E-state index is 13.6. The summed E-state index contributed by atoms with van der Waals surface area (Å²) >= 11 is 0. The summed E-state index contributed by atoms with van der Waals surface area (Å²) < 4.78 is 0. The molecule has 0 aliphatic heterocycles. The zero-order chi connectivity index (χ0) is 24.4. The molecule has 0 saturated heterocycles. The third-order valence-electron chi connectivity index (χ3n) is 6.81. The van der Waals surface area contributed by atoms with Crippen molar-refractivity contribution in [3.63, 3.8) is 0 Å². The average Bonchev–Trinajstić information content (AvgIpc) is 2.72. The summed E-state index contributed by atoms with van der Waals surface area (Å²) in [5.41, 5.74) is 1.89. The molecule has 182 valence electrons. The lowest BCUT2D eigenvalue weighted by molar-refractivity contribution is -0.153. The first kappa shape index (κ1) is 25.2. The minimum absolute atomic E-state index is 0. The number of aliphatic hydroxyl groups is 3. The molecule has 1 aromatic carbocycles. The highest BCUT2D eigenvalue weighted by Crippen LogP contribution is 2.53. The maximum absolute atomic E-state index is 13.6. The molecule has 4 atom stereocenters. The van der Waals surface area contributed by atoms with Crippen molar-refractivity contribution in [2.45, 2.75) is 24.5 Å². The van der Waals surface area contributed by atoms with Crippen molar-refractivity contribution < 1.29 is 39.6 Å². The molecule has 12 heteroatoms. The topological polar surface area (TPSA) is 190 Å². The third kappa shape index (κ3) is 3.19. The Hall–Kier alpha value is -3.41. The number of phenolic OH excluding ortho intramolecular Hbond substituents is 1. The summed E-state index contributed by atoms with van der Waals surface area (Å²) in [6.45, 7) is 0. The minimum Gasteiger partial charge on any atom is -0.508 e. The highest BCUT2D eigenvalue weighted by atomic mass is 35.5. The van der Waals surface area contributed by atoms with Gasteiger partial charge in [0.05, 0.1) is 17.3 Å². The van der Waals surface area contributed by atoms with Gasteiger partial charge in [0.25, 0.3) is 5.91 Å². The molecule has 0 spiro atoms. The van der Waals surface area contributed by atoms with E-state index in [0.29, 0.717) is 12.0 Å². The van der Waals surface area contributed by atoms with Gasteiger partial charge >= 0.3 is 0 Å². The molecule has 0 bridgehead atoms. The van der Waals surface area contributed by atoms with Gasteiger partial charge in [-0.25, -0.2) is 0 Å². The van der Waals surface area contributed by atoms with Crippen LogP contribution >= 0.6 is 12.4 Å². The number of hydrogen-bond acceptors (Lipinski definition) is 9. The van der Waals surface area contributed by atoms with E-state index in [1.54, 1.807) is 6.07 Å². The van der Waals surface area contributed by atoms with Crippen LogP contribution in [0.2, 0.25) is 0 Å². The van der Waals surface area contributed by atoms with Gasteiger partial charge < -0.3 is 31.5 Å². The fourth-order valence-corrected chi connectivity index (χ4v) is 5.40. The highest BCUT2D eigenvalue weighted by molar-refractivity contribution is 6.24. The van der Waals surface area contributed by atoms with Crippen LogP contribution in [0.4, 0.5) is 5.69 Å². The van der Waals surface area contributed by atoms with Gasteiger partial charge in [-0.3, -0.25) is 24.1 Å². The molecule has 4 rings (SSSR count). The summed E-state index contributed by atoms with van der Waals surface area (Å²) in [4.78, 5) is 50.8. The van der Waals surface area contributed by atoms with Gasteiger partial charge in [0.1, 0.15) is 22.8 Å². The van der Waals surface area contributed by atoms with E-state index in [4.69, 9.17) is 5.73 Å². The molecular formula is C22H24ClN3O8. The number of ketones is 2. The van der Waals surface area contributed by atoms with Gasteiger partial charge in [0.2, 0.25) is 12.2 Å². The predicted octanol–water partition coefficient (Wildman–Crippen LogP) is -0.0459. The van der Waals surface area contributed by atoms with E-state index in [1.807, 2.05) is 0 Å². The summed E-state index contributed by atoms with van der Waals surface area (Å²) in [5, 5.41) is 46.1. The van der Waals surface area contributed by atoms with Crippen LogP contribution in [0.5, 0.6) is 5.75 Å². The summed E-state index contributed by atoms with van der Waals surface area (Å²) in [5.74, 6) is -7.16. The number of anilines is 1. The van der Waals surface area contributed by atoms with Crippen LogP contribution in [0.1, 0.15) is 17.5 Å². The molecule has 1 aromatic rings. The van der Waals surface area contributed by atoms with Gasteiger partial charge in [-0.05, 0) is 44.5 Å². The van der Waals surface area contributed by atoms with Crippen molar-refractivity contribution in [2.75, 3.05) is 19.4 Å². The molecule has 3 aliphatic rings. The quantitative estimate of drug-likeness (QED) is 0.190. The zero-order valence-corrected chi connectivity index (χ0v) is 19.0. The van der Waals surface area contributed by atoms with Crippen molar-refractivity contribution in [1.29, 1.82) is 0 Å². The molecule has 0 aromatic heterocycles. The van der Waals surface area contributed by atoms with E-state index < -0.39 is 63.8 Å². The number of aromatic hydroxyl groups is 1. The summed E-state index contributed by atoms with van der Waals surface area (Å²) in [6.07, 6.45) is 0.537. The molecule has 0 radical (unpaired) electrons. The Balaban J connectivity index is 0.00000324. The standard InChI is InChI=1S/C22H23N3O8.ClH/c1-25(2)15-10-6-9-5-8-3-4-11(24-7-26)16(27)12(8)17(28)13(9)19(30)22(10,33)20(31)14(18(15)29)21(23)32;/h3-4,7,9-10,15,27-28,31,33H,5-6H2,1-2H3,(H2,23,32)(H,24,26);1H/t9?,10?,15-,22-;/m0./s1. The lowest BCUT2D eigenvalue weighted by atomic mass is 9.57. The first-order chi connectivity index (χ1) is 15.5. The number of carbonyl (C=O) groups is 4. The third-order valence-corrected chi connectivity index (χ3v) is 6.81. The van der Waals surface area contributed by atoms with Crippen LogP contribution in [0, 0.1) is 11.8 Å². The summed E-state index contributed by atoms with van der Waals surface area (Å²) in [7, 11) is 3.07. The van der Waals surface area contributed by atoms with E-state index in [0.717, 1.165) is 0 Å². The second-order valence-electron chi connectivity index (χ2n) is 8.72. The smallest absolute Gasteiger partial charge is 0.255 e. The SMILES string of the molecule is CN(C)[C@@H]1C(=O)C(C(N)=O)=C(O)[C@@]2(O)C(=O)C3=C(O)c4c(ccc(NC=O)c4O)CC3CC12.Cl. The van der Waals surface area contributed by atoms with Crippen molar-refractivity contribution in [3.05, 3.63) is 40.2 Å². The number of carbonyl (C=O) groups excluding carboxylic acids is 4. The van der Waals surface area contributed by atoms with Gasteiger partial charge in [-0.2, -0.15) is 0 Å². The number of primary amides is 1. The Morgan fingerprint density at radius 3 is 2.44 bits per heavy atom. The number of rotatable bonds is 4. The summed E-state index contributed by atoms with van der Waals surface area (Å²) in [6, 6.07) is 1.90. The first-order valence-electron chi connectivity index (χ1n) is 10.2. The number of amides is 2. The number of nitrogens with zero attached hydrogens (tertiary/aromatic N) is 1. The fraction of sp³-hybridized carbons (Fsp3) is 0.364. The number of Topliss-reactive ketones (excluding diaryl/α,β-unsaturated/α-hetero) is 2. The second-order valence-corrected chi connectivity index (χ2v) is 8.72. The minimum atomic E-state index is -2.68. The van der Waals surface area contributed by atoms with Crippen LogP contribution in [0.3, 0.4) is 0 Å². The molecule has 34 heavy (non-hydrogen) atoms.